The molecule has 0 aliphatic carbocycles. The first-order valence-corrected chi connectivity index (χ1v) is 8.65. The van der Waals surface area contributed by atoms with Crippen LogP contribution in [0.1, 0.15) is 11.8 Å². The molecule has 7 nitrogen and oxygen atoms in total. The number of hydrogen-bond acceptors (Lipinski definition) is 6. The monoisotopic (exact) mass is 360 g/mol. The van der Waals surface area contributed by atoms with Crippen LogP contribution in [0.25, 0.3) is 0 Å². The number of para-hydroxylation sites is 2. The second kappa shape index (κ2) is 9.26. The van der Waals surface area contributed by atoms with Gasteiger partial charge in [-0.05, 0) is 24.3 Å². The Balaban J connectivity index is 1.54. The molecule has 1 saturated heterocycles. The minimum Gasteiger partial charge on any atom is -0.493 e. The predicted octanol–water partition coefficient (Wildman–Crippen LogP) is 1.86. The summed E-state index contributed by atoms with van der Waals surface area (Å²) in [6, 6.07) is 11.0. The molecule has 1 N–H and O–H groups in total. The van der Waals surface area contributed by atoms with Gasteiger partial charge < -0.3 is 23.9 Å². The second-order valence-corrected chi connectivity index (χ2v) is 5.92. The van der Waals surface area contributed by atoms with Crippen molar-refractivity contribution in [2.24, 2.45) is 0 Å². The summed E-state index contributed by atoms with van der Waals surface area (Å²) < 4.78 is 21.8. The first-order chi connectivity index (χ1) is 12.8. The summed E-state index contributed by atoms with van der Waals surface area (Å²) in [5.74, 6) is 1.78. The molecule has 1 aromatic carbocycles. The predicted molar refractivity (Wildman–Crippen MR) is 95.3 cm³/mol. The van der Waals surface area contributed by atoms with Gasteiger partial charge in [0.05, 0.1) is 32.6 Å². The fraction of sp³-hybridized carbons (Fsp3) is 0.421. The summed E-state index contributed by atoms with van der Waals surface area (Å²) in [7, 11) is 1.57. The third-order valence-corrected chi connectivity index (χ3v) is 4.28. The van der Waals surface area contributed by atoms with E-state index in [2.05, 4.69) is 10.2 Å². The lowest BCUT2D eigenvalue weighted by Crippen LogP contribution is -2.44. The van der Waals surface area contributed by atoms with Crippen molar-refractivity contribution in [1.82, 2.24) is 10.2 Å². The van der Waals surface area contributed by atoms with Crippen LogP contribution in [-0.4, -0.2) is 57.4 Å². The number of methoxy groups -OCH3 is 1. The first kappa shape index (κ1) is 18.3. The Bertz CT molecular complexity index is 683. The van der Waals surface area contributed by atoms with Gasteiger partial charge in [0.2, 0.25) is 0 Å². The minimum atomic E-state index is -0.194. The molecule has 1 fully saturated rings. The SMILES string of the molecule is COc1ccccc1OCC(=O)NCC(c1ccco1)N1CCOCC1. The van der Waals surface area contributed by atoms with E-state index >= 15 is 0 Å². The summed E-state index contributed by atoms with van der Waals surface area (Å²) >= 11 is 0. The summed E-state index contributed by atoms with van der Waals surface area (Å²) in [6.45, 7) is 3.35. The van der Waals surface area contributed by atoms with Crippen molar-refractivity contribution in [2.75, 3.05) is 46.6 Å². The summed E-state index contributed by atoms with van der Waals surface area (Å²) in [5, 5.41) is 2.93. The topological polar surface area (TPSA) is 73.2 Å². The van der Waals surface area contributed by atoms with Gasteiger partial charge in [0.1, 0.15) is 5.76 Å². The lowest BCUT2D eigenvalue weighted by atomic mass is 10.1. The minimum absolute atomic E-state index is 0.0240. The smallest absolute Gasteiger partial charge is 0.258 e. The fourth-order valence-corrected chi connectivity index (χ4v) is 2.92. The van der Waals surface area contributed by atoms with Crippen LogP contribution in [-0.2, 0) is 9.53 Å². The number of amides is 1. The molecular formula is C19H24N2O5. The van der Waals surface area contributed by atoms with E-state index in [-0.39, 0.29) is 18.6 Å². The molecule has 140 valence electrons. The van der Waals surface area contributed by atoms with Crippen molar-refractivity contribution in [2.45, 2.75) is 6.04 Å². The van der Waals surface area contributed by atoms with Crippen molar-refractivity contribution in [1.29, 1.82) is 0 Å². The van der Waals surface area contributed by atoms with Crippen LogP contribution in [0.3, 0.4) is 0 Å². The fourth-order valence-electron chi connectivity index (χ4n) is 2.92. The number of ether oxygens (including phenoxy) is 3. The Morgan fingerprint density at radius 3 is 2.65 bits per heavy atom. The molecule has 3 rings (SSSR count). The zero-order valence-electron chi connectivity index (χ0n) is 14.8. The number of nitrogens with one attached hydrogen (secondary N) is 1. The van der Waals surface area contributed by atoms with Gasteiger partial charge in [-0.15, -0.1) is 0 Å². The molecule has 2 heterocycles. The highest BCUT2D eigenvalue weighted by molar-refractivity contribution is 5.77. The van der Waals surface area contributed by atoms with E-state index in [1.54, 1.807) is 25.5 Å². The highest BCUT2D eigenvalue weighted by atomic mass is 16.5. The van der Waals surface area contributed by atoms with Crippen LogP contribution in [0.2, 0.25) is 0 Å². The lowest BCUT2D eigenvalue weighted by molar-refractivity contribution is -0.123. The van der Waals surface area contributed by atoms with E-state index in [1.807, 2.05) is 24.3 Å². The van der Waals surface area contributed by atoms with Gasteiger partial charge in [0, 0.05) is 19.6 Å². The van der Waals surface area contributed by atoms with Crippen molar-refractivity contribution >= 4 is 5.91 Å². The molecule has 1 unspecified atom stereocenters. The molecule has 1 amide bonds. The van der Waals surface area contributed by atoms with Gasteiger partial charge in [0.25, 0.3) is 5.91 Å². The quantitative estimate of drug-likeness (QED) is 0.775. The number of carbonyl (C=O) groups excluding carboxylic acids is 1. The zero-order chi connectivity index (χ0) is 18.2. The van der Waals surface area contributed by atoms with E-state index < -0.39 is 0 Å². The molecular weight excluding hydrogens is 336 g/mol. The Labute approximate surface area is 152 Å². The molecule has 26 heavy (non-hydrogen) atoms. The lowest BCUT2D eigenvalue weighted by Gasteiger charge is -2.33. The maximum atomic E-state index is 12.2. The maximum Gasteiger partial charge on any atom is 0.258 e. The average Bonchev–Trinajstić information content (AvgIpc) is 3.22. The van der Waals surface area contributed by atoms with E-state index in [1.165, 1.54) is 0 Å². The Morgan fingerprint density at radius 1 is 1.19 bits per heavy atom. The van der Waals surface area contributed by atoms with Crippen LogP contribution >= 0.6 is 0 Å². The molecule has 1 atom stereocenters. The molecule has 1 aliphatic heterocycles. The first-order valence-electron chi connectivity index (χ1n) is 8.65. The molecule has 1 aliphatic rings. The van der Waals surface area contributed by atoms with E-state index in [4.69, 9.17) is 18.6 Å². The van der Waals surface area contributed by atoms with E-state index in [0.717, 1.165) is 18.8 Å². The number of rotatable bonds is 8. The summed E-state index contributed by atoms with van der Waals surface area (Å²) in [6.07, 6.45) is 1.65. The molecule has 0 radical (unpaired) electrons. The second-order valence-electron chi connectivity index (χ2n) is 5.92. The molecule has 0 spiro atoms. The number of nitrogens with zero attached hydrogens (tertiary/aromatic N) is 1. The number of furan rings is 1. The van der Waals surface area contributed by atoms with E-state index in [9.17, 15) is 4.79 Å². The van der Waals surface area contributed by atoms with Gasteiger partial charge in [0.15, 0.2) is 18.1 Å². The Morgan fingerprint density at radius 2 is 1.96 bits per heavy atom. The zero-order valence-corrected chi connectivity index (χ0v) is 14.8. The molecule has 2 aromatic rings. The third-order valence-electron chi connectivity index (χ3n) is 4.28. The number of hydrogen-bond donors (Lipinski definition) is 1. The van der Waals surface area contributed by atoms with Crippen LogP contribution in [0.4, 0.5) is 0 Å². The van der Waals surface area contributed by atoms with Crippen molar-refractivity contribution < 1.29 is 23.4 Å². The molecule has 0 saturated carbocycles. The van der Waals surface area contributed by atoms with Crippen LogP contribution < -0.4 is 14.8 Å². The third kappa shape index (κ3) is 4.77. The summed E-state index contributed by atoms with van der Waals surface area (Å²) in [4.78, 5) is 14.5. The van der Waals surface area contributed by atoms with Gasteiger partial charge in [-0.3, -0.25) is 9.69 Å². The Hall–Kier alpha value is -2.51. The van der Waals surface area contributed by atoms with Crippen LogP contribution in [0.15, 0.2) is 47.1 Å². The number of benzene rings is 1. The maximum absolute atomic E-state index is 12.2. The molecule has 0 bridgehead atoms. The van der Waals surface area contributed by atoms with Crippen molar-refractivity contribution in [3.05, 3.63) is 48.4 Å². The highest BCUT2D eigenvalue weighted by Gasteiger charge is 2.25. The van der Waals surface area contributed by atoms with Crippen LogP contribution in [0.5, 0.6) is 11.5 Å². The van der Waals surface area contributed by atoms with Gasteiger partial charge >= 0.3 is 0 Å². The molecule has 1 aromatic heterocycles. The number of morpholine rings is 1. The normalized spacial score (nSPS) is 16.0. The van der Waals surface area contributed by atoms with Gasteiger partial charge in [-0.2, -0.15) is 0 Å². The highest BCUT2D eigenvalue weighted by Crippen LogP contribution is 2.25. The van der Waals surface area contributed by atoms with Crippen molar-refractivity contribution in [3.63, 3.8) is 0 Å². The largest absolute Gasteiger partial charge is 0.493 e. The standard InChI is InChI=1S/C19H24N2O5/c1-23-17-5-2-3-6-18(17)26-14-19(22)20-13-15(16-7-4-10-25-16)21-8-11-24-12-9-21/h2-7,10,15H,8-9,11-14H2,1H3,(H,20,22). The molecule has 7 heteroatoms. The number of carbonyl (C=O) groups is 1. The van der Waals surface area contributed by atoms with Gasteiger partial charge in [-0.25, -0.2) is 0 Å². The average molecular weight is 360 g/mol. The van der Waals surface area contributed by atoms with E-state index in [0.29, 0.717) is 31.3 Å². The van der Waals surface area contributed by atoms with Crippen LogP contribution in [0, 0.1) is 0 Å². The Kier molecular flexibility index (Phi) is 6.51. The van der Waals surface area contributed by atoms with Crippen molar-refractivity contribution in [3.8, 4) is 11.5 Å². The van der Waals surface area contributed by atoms with Gasteiger partial charge in [-0.1, -0.05) is 12.1 Å². The summed E-state index contributed by atoms with van der Waals surface area (Å²) in [5.41, 5.74) is 0.